The highest BCUT2D eigenvalue weighted by molar-refractivity contribution is 7.99. The summed E-state index contributed by atoms with van der Waals surface area (Å²) < 4.78 is 6.70. The van der Waals surface area contributed by atoms with Gasteiger partial charge in [0.05, 0.1) is 30.7 Å². The van der Waals surface area contributed by atoms with Crippen molar-refractivity contribution in [2.75, 3.05) is 23.5 Å². The van der Waals surface area contributed by atoms with Gasteiger partial charge in [-0.3, -0.25) is 4.79 Å². The van der Waals surface area contributed by atoms with Crippen LogP contribution >= 0.6 is 23.4 Å². The van der Waals surface area contributed by atoms with Gasteiger partial charge in [0.25, 0.3) is 0 Å². The molecule has 1 aromatic heterocycles. The number of ether oxygens (including phenoxy) is 1. The summed E-state index contributed by atoms with van der Waals surface area (Å²) in [6.45, 7) is 3.15. The lowest BCUT2D eigenvalue weighted by molar-refractivity contribution is -0.113. The van der Waals surface area contributed by atoms with Crippen molar-refractivity contribution in [1.82, 2.24) is 14.8 Å². The molecule has 0 atom stereocenters. The summed E-state index contributed by atoms with van der Waals surface area (Å²) in [5.41, 5.74) is 1.63. The Hall–Kier alpha value is -3.04. The van der Waals surface area contributed by atoms with Gasteiger partial charge in [-0.15, -0.1) is 10.2 Å². The second-order valence-corrected chi connectivity index (χ2v) is 7.76. The molecule has 3 rings (SSSR count). The van der Waals surface area contributed by atoms with Crippen LogP contribution < -0.4 is 10.6 Å². The molecule has 2 aromatic carbocycles. The van der Waals surface area contributed by atoms with Gasteiger partial charge in [0.1, 0.15) is 0 Å². The van der Waals surface area contributed by atoms with Crippen LogP contribution in [0.5, 0.6) is 0 Å². The zero-order valence-electron chi connectivity index (χ0n) is 17.1. The molecular formula is C21H22ClN5O3S. The number of benzene rings is 2. The van der Waals surface area contributed by atoms with Crippen LogP contribution in [0.25, 0.3) is 0 Å². The van der Waals surface area contributed by atoms with Crippen molar-refractivity contribution in [2.45, 2.75) is 25.2 Å². The second kappa shape index (κ2) is 10.8. The zero-order valence-corrected chi connectivity index (χ0v) is 18.7. The minimum atomic E-state index is -0.507. The van der Waals surface area contributed by atoms with Gasteiger partial charge in [-0.2, -0.15) is 0 Å². The van der Waals surface area contributed by atoms with Crippen molar-refractivity contribution in [3.05, 3.63) is 64.9 Å². The van der Waals surface area contributed by atoms with E-state index in [1.807, 2.05) is 35.8 Å². The van der Waals surface area contributed by atoms with Gasteiger partial charge < -0.3 is 19.9 Å². The molecule has 0 fully saturated rings. The molecule has 0 unspecified atom stereocenters. The molecular weight excluding hydrogens is 438 g/mol. The third kappa shape index (κ3) is 5.99. The fourth-order valence-electron chi connectivity index (χ4n) is 2.82. The maximum Gasteiger partial charge on any atom is 0.339 e. The summed E-state index contributed by atoms with van der Waals surface area (Å²) in [6, 6.07) is 14.1. The lowest BCUT2D eigenvalue weighted by Gasteiger charge is -2.10. The monoisotopic (exact) mass is 459 g/mol. The Kier molecular flexibility index (Phi) is 7.91. The minimum Gasteiger partial charge on any atom is -0.465 e. The molecule has 2 N–H and O–H groups in total. The Balaban J connectivity index is 1.60. The lowest BCUT2D eigenvalue weighted by atomic mass is 10.2. The van der Waals surface area contributed by atoms with Crippen LogP contribution in [0.1, 0.15) is 23.1 Å². The Morgan fingerprint density at radius 2 is 1.87 bits per heavy atom. The van der Waals surface area contributed by atoms with Crippen molar-refractivity contribution in [1.29, 1.82) is 0 Å². The molecule has 0 spiro atoms. The van der Waals surface area contributed by atoms with E-state index in [0.717, 1.165) is 11.5 Å². The van der Waals surface area contributed by atoms with Crippen molar-refractivity contribution in [2.24, 2.45) is 0 Å². The highest BCUT2D eigenvalue weighted by Crippen LogP contribution is 2.21. The van der Waals surface area contributed by atoms with Crippen LogP contribution in [0, 0.1) is 0 Å². The van der Waals surface area contributed by atoms with E-state index in [-0.39, 0.29) is 11.7 Å². The molecule has 3 aromatic rings. The number of methoxy groups -OCH3 is 1. The van der Waals surface area contributed by atoms with Gasteiger partial charge in [0, 0.05) is 17.3 Å². The summed E-state index contributed by atoms with van der Waals surface area (Å²) in [7, 11) is 1.30. The summed E-state index contributed by atoms with van der Waals surface area (Å²) in [5.74, 6) is 0.120. The molecule has 0 aliphatic rings. The standard InChI is InChI=1S/C21H22ClN5O3S/c1-3-27-18(12-23-15-10-8-14(22)9-11-15)25-26-21(27)31-13-19(28)24-17-7-5-4-6-16(17)20(29)30-2/h4-11,23H,3,12-13H2,1-2H3,(H,24,28). The quantitative estimate of drug-likeness (QED) is 0.367. The van der Waals surface area contributed by atoms with Crippen LogP contribution in [0.15, 0.2) is 53.7 Å². The number of nitrogens with zero attached hydrogens (tertiary/aromatic N) is 3. The van der Waals surface area contributed by atoms with Crippen molar-refractivity contribution in [3.63, 3.8) is 0 Å². The number of hydrogen-bond donors (Lipinski definition) is 2. The Labute approximate surface area is 189 Å². The van der Waals surface area contributed by atoms with E-state index in [9.17, 15) is 9.59 Å². The number of anilines is 2. The SMILES string of the molecule is CCn1c(CNc2ccc(Cl)cc2)nnc1SCC(=O)Nc1ccccc1C(=O)OC. The Morgan fingerprint density at radius 1 is 1.13 bits per heavy atom. The topological polar surface area (TPSA) is 98.1 Å². The van der Waals surface area contributed by atoms with Crippen LogP contribution in [0.3, 0.4) is 0 Å². The van der Waals surface area contributed by atoms with Gasteiger partial charge in [-0.25, -0.2) is 4.79 Å². The predicted octanol–water partition coefficient (Wildman–Crippen LogP) is 4.08. The van der Waals surface area contributed by atoms with E-state index in [0.29, 0.717) is 34.5 Å². The smallest absolute Gasteiger partial charge is 0.339 e. The first kappa shape index (κ1) is 22.6. The Bertz CT molecular complexity index is 1060. The van der Waals surface area contributed by atoms with Crippen molar-refractivity contribution in [3.8, 4) is 0 Å². The van der Waals surface area contributed by atoms with Crippen molar-refractivity contribution >= 4 is 46.6 Å². The maximum absolute atomic E-state index is 12.4. The fraction of sp³-hybridized carbons (Fsp3) is 0.238. The van der Waals surface area contributed by atoms with Crippen molar-refractivity contribution < 1.29 is 14.3 Å². The molecule has 0 radical (unpaired) electrons. The predicted molar refractivity (Wildman–Crippen MR) is 122 cm³/mol. The molecule has 0 bridgehead atoms. The second-order valence-electron chi connectivity index (χ2n) is 6.38. The first-order valence-electron chi connectivity index (χ1n) is 9.53. The number of thioether (sulfide) groups is 1. The van der Waals surface area contributed by atoms with E-state index in [4.69, 9.17) is 16.3 Å². The van der Waals surface area contributed by atoms with E-state index in [1.54, 1.807) is 24.3 Å². The molecule has 0 aliphatic carbocycles. The highest BCUT2D eigenvalue weighted by atomic mass is 35.5. The normalized spacial score (nSPS) is 10.5. The number of para-hydroxylation sites is 1. The average Bonchev–Trinajstić information content (AvgIpc) is 3.19. The number of carbonyl (C=O) groups excluding carboxylic acids is 2. The maximum atomic E-state index is 12.4. The first-order valence-corrected chi connectivity index (χ1v) is 10.9. The number of aromatic nitrogens is 3. The third-order valence-electron chi connectivity index (χ3n) is 4.34. The molecule has 31 heavy (non-hydrogen) atoms. The number of rotatable bonds is 9. The zero-order chi connectivity index (χ0) is 22.2. The van der Waals surface area contributed by atoms with Gasteiger partial charge >= 0.3 is 5.97 Å². The van der Waals surface area contributed by atoms with Gasteiger partial charge in [-0.05, 0) is 43.3 Å². The number of amides is 1. The van der Waals surface area contributed by atoms with Gasteiger partial charge in [0.2, 0.25) is 5.91 Å². The molecule has 10 heteroatoms. The van der Waals surface area contributed by atoms with Crippen LogP contribution in [0.4, 0.5) is 11.4 Å². The van der Waals surface area contributed by atoms with Gasteiger partial charge in [0.15, 0.2) is 11.0 Å². The van der Waals surface area contributed by atoms with E-state index >= 15 is 0 Å². The first-order chi connectivity index (χ1) is 15.0. The lowest BCUT2D eigenvalue weighted by Crippen LogP contribution is -2.17. The number of halogens is 1. The summed E-state index contributed by atoms with van der Waals surface area (Å²) in [4.78, 5) is 24.3. The summed E-state index contributed by atoms with van der Waals surface area (Å²) >= 11 is 7.19. The van der Waals surface area contributed by atoms with E-state index in [2.05, 4.69) is 20.8 Å². The molecule has 1 amide bonds. The summed E-state index contributed by atoms with van der Waals surface area (Å²) in [6.07, 6.45) is 0. The average molecular weight is 460 g/mol. The van der Waals surface area contributed by atoms with Crippen LogP contribution in [0.2, 0.25) is 5.02 Å². The molecule has 1 heterocycles. The largest absolute Gasteiger partial charge is 0.465 e. The highest BCUT2D eigenvalue weighted by Gasteiger charge is 2.16. The number of nitrogens with one attached hydrogen (secondary N) is 2. The molecule has 8 nitrogen and oxygen atoms in total. The summed E-state index contributed by atoms with van der Waals surface area (Å²) in [5, 5.41) is 15.8. The minimum absolute atomic E-state index is 0.123. The van der Waals surface area contributed by atoms with E-state index < -0.39 is 5.97 Å². The third-order valence-corrected chi connectivity index (χ3v) is 5.56. The number of esters is 1. The molecule has 0 aliphatic heterocycles. The number of carbonyl (C=O) groups is 2. The molecule has 0 saturated heterocycles. The molecule has 0 saturated carbocycles. The van der Waals surface area contributed by atoms with Crippen LogP contribution in [-0.2, 0) is 22.6 Å². The Morgan fingerprint density at radius 3 is 2.58 bits per heavy atom. The van der Waals surface area contributed by atoms with Gasteiger partial charge in [-0.1, -0.05) is 35.5 Å². The van der Waals surface area contributed by atoms with Crippen LogP contribution in [-0.4, -0.2) is 39.5 Å². The van der Waals surface area contributed by atoms with E-state index in [1.165, 1.54) is 18.9 Å². The number of hydrogen-bond acceptors (Lipinski definition) is 7. The fourth-order valence-corrected chi connectivity index (χ4v) is 3.77. The molecule has 162 valence electrons.